The Bertz CT molecular complexity index is 938. The van der Waals surface area contributed by atoms with Gasteiger partial charge in [-0.1, -0.05) is 47.6 Å². The quantitative estimate of drug-likeness (QED) is 0.276. The zero-order valence-electron chi connectivity index (χ0n) is 17.1. The van der Waals surface area contributed by atoms with E-state index in [1.807, 2.05) is 57.8 Å². The summed E-state index contributed by atoms with van der Waals surface area (Å²) in [5.74, 6) is 0.0588. The highest BCUT2D eigenvalue weighted by molar-refractivity contribution is 14.2. The molecular weight excluding hydrogens is 577 g/mol. The number of fused-ring (bicyclic) bond motifs is 2. The zero-order chi connectivity index (χ0) is 22.2. The van der Waals surface area contributed by atoms with Gasteiger partial charge in [0.15, 0.2) is 17.1 Å². The number of hydrogen-bond donors (Lipinski definition) is 0. The molecule has 1 aliphatic heterocycles. The lowest BCUT2D eigenvalue weighted by molar-refractivity contribution is -0.286. The molecule has 160 valence electrons. The van der Waals surface area contributed by atoms with Crippen LogP contribution in [0.3, 0.4) is 0 Å². The van der Waals surface area contributed by atoms with Crippen molar-refractivity contribution in [1.29, 1.82) is 0 Å². The second-order valence-electron chi connectivity index (χ2n) is 4.79. The van der Waals surface area contributed by atoms with Crippen molar-refractivity contribution < 1.29 is 18.3 Å². The number of pyridine rings is 1. The highest BCUT2D eigenvalue weighted by atomic mass is 127. The van der Waals surface area contributed by atoms with Crippen molar-refractivity contribution in [2.24, 2.45) is 0 Å². The maximum Gasteiger partial charge on any atom is 0.586 e. The van der Waals surface area contributed by atoms with E-state index in [9.17, 15) is 8.78 Å². The number of halogens is 4. The molecular formula is C20H24BrF2IN2O2S. The van der Waals surface area contributed by atoms with Crippen LogP contribution in [0.5, 0.6) is 11.5 Å². The van der Waals surface area contributed by atoms with Crippen molar-refractivity contribution in [2.75, 3.05) is 0 Å². The molecule has 0 bridgehead atoms. The van der Waals surface area contributed by atoms with Crippen molar-refractivity contribution in [2.45, 2.75) is 47.8 Å². The Morgan fingerprint density at radius 2 is 1.66 bits per heavy atom. The largest absolute Gasteiger partial charge is 0.586 e. The highest BCUT2D eigenvalue weighted by Gasteiger charge is 2.43. The van der Waals surface area contributed by atoms with Crippen LogP contribution in [0, 0.1) is 0 Å². The minimum atomic E-state index is -3.61. The fraction of sp³-hybridized carbons (Fsp3) is 0.350. The van der Waals surface area contributed by atoms with Crippen molar-refractivity contribution in [1.82, 2.24) is 8.96 Å². The minimum Gasteiger partial charge on any atom is -0.395 e. The van der Waals surface area contributed by atoms with Crippen LogP contribution in [0.25, 0.3) is 22.2 Å². The van der Waals surface area contributed by atoms with Crippen LogP contribution in [-0.2, 0) is 0 Å². The summed E-state index contributed by atoms with van der Waals surface area (Å²) < 4.78 is 38.1. The van der Waals surface area contributed by atoms with Crippen LogP contribution >= 0.6 is 46.3 Å². The number of aromatic nitrogens is 2. The van der Waals surface area contributed by atoms with E-state index in [4.69, 9.17) is 0 Å². The molecule has 0 spiro atoms. The average molecular weight is 601 g/mol. The SMILES string of the molecule is CC.CC.CC.FC1(F)Oc2ccc(-c3cn(SI)c4ncc(Br)cc34)cc2O1. The lowest BCUT2D eigenvalue weighted by Gasteiger charge is -2.04. The highest BCUT2D eigenvalue weighted by Crippen LogP contribution is 2.44. The smallest absolute Gasteiger partial charge is 0.395 e. The summed E-state index contributed by atoms with van der Waals surface area (Å²) in [7, 11) is 1.48. The molecule has 4 nitrogen and oxygen atoms in total. The molecule has 0 fully saturated rings. The van der Waals surface area contributed by atoms with Gasteiger partial charge in [0.1, 0.15) is 0 Å². The average Bonchev–Trinajstić information content (AvgIpc) is 3.26. The standard InChI is InChI=1S/C14H6BrF2IN2O2S.3C2H6/c15-8-4-9-10(6-20(23-18)13(9)19-5-8)7-1-2-11-12(3-7)22-14(16,17)21-11;3*1-2/h1-6H;3*1-2H3. The van der Waals surface area contributed by atoms with Gasteiger partial charge in [-0.3, -0.25) is 3.97 Å². The second kappa shape index (κ2) is 11.9. The van der Waals surface area contributed by atoms with E-state index in [-0.39, 0.29) is 11.5 Å². The molecule has 1 aromatic carbocycles. The molecule has 0 saturated carbocycles. The third kappa shape index (κ3) is 5.97. The third-order valence-corrected chi connectivity index (χ3v) is 5.50. The Balaban J connectivity index is 0.000000644. The number of ether oxygens (including phenoxy) is 2. The summed E-state index contributed by atoms with van der Waals surface area (Å²) in [4.78, 5) is 4.41. The van der Waals surface area contributed by atoms with Gasteiger partial charge in [0.2, 0.25) is 0 Å². The van der Waals surface area contributed by atoms with Gasteiger partial charge in [-0.25, -0.2) is 4.98 Å². The van der Waals surface area contributed by atoms with E-state index in [2.05, 4.69) is 51.6 Å². The number of benzene rings is 1. The van der Waals surface area contributed by atoms with E-state index in [0.717, 1.165) is 26.6 Å². The number of alkyl halides is 2. The summed E-state index contributed by atoms with van der Waals surface area (Å²) >= 11 is 5.57. The minimum absolute atomic E-state index is 0.0264. The number of rotatable bonds is 2. The molecule has 0 N–H and O–H groups in total. The summed E-state index contributed by atoms with van der Waals surface area (Å²) in [5.41, 5.74) is 2.42. The van der Waals surface area contributed by atoms with Crippen LogP contribution < -0.4 is 9.47 Å². The maximum atomic E-state index is 13.2. The monoisotopic (exact) mass is 600 g/mol. The molecule has 0 radical (unpaired) electrons. The first-order chi connectivity index (χ1) is 14.0. The predicted octanol–water partition coefficient (Wildman–Crippen LogP) is 8.71. The van der Waals surface area contributed by atoms with E-state index in [1.165, 1.54) is 15.2 Å². The van der Waals surface area contributed by atoms with Crippen LogP contribution in [0.15, 0.2) is 41.1 Å². The molecule has 0 saturated heterocycles. The Morgan fingerprint density at radius 3 is 2.28 bits per heavy atom. The molecule has 4 rings (SSSR count). The van der Waals surface area contributed by atoms with Gasteiger partial charge in [0.05, 0.1) is 0 Å². The molecule has 0 amide bonds. The lowest BCUT2D eigenvalue weighted by Crippen LogP contribution is -2.25. The van der Waals surface area contributed by atoms with Gasteiger partial charge in [-0.2, -0.15) is 0 Å². The summed E-state index contributed by atoms with van der Waals surface area (Å²) in [6, 6.07) is 6.70. The summed E-state index contributed by atoms with van der Waals surface area (Å²) in [6.07, 6.45) is 0.0180. The maximum absolute atomic E-state index is 13.2. The second-order valence-corrected chi connectivity index (χ2v) is 7.42. The molecule has 29 heavy (non-hydrogen) atoms. The molecule has 0 atom stereocenters. The van der Waals surface area contributed by atoms with Crippen LogP contribution in [0.1, 0.15) is 41.5 Å². The van der Waals surface area contributed by atoms with Gasteiger partial charge in [-0.15, -0.1) is 8.78 Å². The molecule has 3 aromatic rings. The van der Waals surface area contributed by atoms with Gasteiger partial charge in [0.25, 0.3) is 0 Å². The molecule has 2 aromatic heterocycles. The molecule has 0 unspecified atom stereocenters. The Morgan fingerprint density at radius 1 is 1.03 bits per heavy atom. The summed E-state index contributed by atoms with van der Waals surface area (Å²) in [6.45, 7) is 12.0. The molecule has 1 aliphatic rings. The first kappa shape index (κ1) is 26.0. The van der Waals surface area contributed by atoms with Crippen molar-refractivity contribution >= 4 is 57.3 Å². The Hall–Kier alpha value is -1.07. The fourth-order valence-corrected chi connectivity index (χ4v) is 4.04. The van der Waals surface area contributed by atoms with Crippen LogP contribution in [-0.4, -0.2) is 15.3 Å². The number of nitrogens with zero attached hydrogens (tertiary/aromatic N) is 2. The first-order valence-corrected chi connectivity index (χ1v) is 13.4. The molecule has 3 heterocycles. The molecule has 0 aliphatic carbocycles. The van der Waals surface area contributed by atoms with Gasteiger partial charge in [0, 0.05) is 58.1 Å². The van der Waals surface area contributed by atoms with E-state index in [0.29, 0.717) is 0 Å². The van der Waals surface area contributed by atoms with Crippen molar-refractivity contribution in [3.63, 3.8) is 0 Å². The fourth-order valence-electron chi connectivity index (χ4n) is 2.45. The Kier molecular flexibility index (Phi) is 10.7. The van der Waals surface area contributed by atoms with E-state index in [1.54, 1.807) is 18.3 Å². The van der Waals surface area contributed by atoms with Gasteiger partial charge >= 0.3 is 6.29 Å². The van der Waals surface area contributed by atoms with Crippen molar-refractivity contribution in [3.05, 3.63) is 41.1 Å². The Labute approximate surface area is 195 Å². The van der Waals surface area contributed by atoms with Crippen LogP contribution in [0.2, 0.25) is 0 Å². The predicted molar refractivity (Wildman–Crippen MR) is 130 cm³/mol. The molecule has 9 heteroatoms. The van der Waals surface area contributed by atoms with Gasteiger partial charge < -0.3 is 9.47 Å². The van der Waals surface area contributed by atoms with Crippen LogP contribution in [0.4, 0.5) is 8.78 Å². The van der Waals surface area contributed by atoms with E-state index < -0.39 is 6.29 Å². The van der Waals surface area contributed by atoms with E-state index >= 15 is 0 Å². The van der Waals surface area contributed by atoms with Gasteiger partial charge in [-0.05, 0) is 39.7 Å². The third-order valence-electron chi connectivity index (χ3n) is 3.37. The summed E-state index contributed by atoms with van der Waals surface area (Å²) in [5, 5.41) is 0.911. The normalized spacial score (nSPS) is 12.8. The number of hydrogen-bond acceptors (Lipinski definition) is 4. The van der Waals surface area contributed by atoms with Crippen molar-refractivity contribution in [3.8, 4) is 22.6 Å². The zero-order valence-corrected chi connectivity index (χ0v) is 21.7. The first-order valence-electron chi connectivity index (χ1n) is 9.33. The topological polar surface area (TPSA) is 36.3 Å². The lowest BCUT2D eigenvalue weighted by atomic mass is 10.1.